The zero-order chi connectivity index (χ0) is 13.4. The molecule has 0 unspecified atom stereocenters. The average Bonchev–Trinajstić information content (AvgIpc) is 2.35. The van der Waals surface area contributed by atoms with Crippen molar-refractivity contribution in [3.05, 3.63) is 18.3 Å². The lowest BCUT2D eigenvalue weighted by Crippen LogP contribution is -2.28. The minimum absolute atomic E-state index is 0.158. The minimum atomic E-state index is 0.158. The smallest absolute Gasteiger partial charge is 0.171 e. The van der Waals surface area contributed by atoms with E-state index in [1.54, 1.807) is 0 Å². The van der Waals surface area contributed by atoms with Gasteiger partial charge in [-0.15, -0.1) is 0 Å². The molecule has 0 radical (unpaired) electrons. The van der Waals surface area contributed by atoms with Crippen LogP contribution in [0.25, 0.3) is 0 Å². The van der Waals surface area contributed by atoms with E-state index in [0.717, 1.165) is 37.5 Å². The summed E-state index contributed by atoms with van der Waals surface area (Å²) in [6, 6.07) is 3.89. The zero-order valence-electron chi connectivity index (χ0n) is 11.7. The van der Waals surface area contributed by atoms with Crippen molar-refractivity contribution in [1.82, 2.24) is 4.98 Å². The van der Waals surface area contributed by atoms with Gasteiger partial charge in [0.05, 0.1) is 6.10 Å². The molecule has 0 spiro atoms. The fraction of sp³-hybridized carbons (Fsp3) is 0.643. The van der Waals surface area contributed by atoms with Gasteiger partial charge in [0.2, 0.25) is 0 Å². The Morgan fingerprint density at radius 3 is 2.78 bits per heavy atom. The fourth-order valence-electron chi connectivity index (χ4n) is 1.84. The van der Waals surface area contributed by atoms with Crippen LogP contribution in [-0.2, 0) is 0 Å². The Morgan fingerprint density at radius 2 is 2.17 bits per heavy atom. The van der Waals surface area contributed by atoms with E-state index in [-0.39, 0.29) is 6.10 Å². The highest BCUT2D eigenvalue weighted by Crippen LogP contribution is 2.26. The molecule has 0 aliphatic carbocycles. The van der Waals surface area contributed by atoms with Crippen molar-refractivity contribution in [2.24, 2.45) is 5.73 Å². The van der Waals surface area contributed by atoms with Crippen molar-refractivity contribution in [2.45, 2.75) is 39.7 Å². The lowest BCUT2D eigenvalue weighted by molar-refractivity contribution is 0.242. The second-order valence-electron chi connectivity index (χ2n) is 4.62. The second kappa shape index (κ2) is 7.93. The highest BCUT2D eigenvalue weighted by Gasteiger charge is 2.13. The molecule has 0 fully saturated rings. The molecule has 18 heavy (non-hydrogen) atoms. The molecule has 0 atom stereocenters. The summed E-state index contributed by atoms with van der Waals surface area (Å²) < 4.78 is 5.82. The third-order valence-electron chi connectivity index (χ3n) is 2.54. The monoisotopic (exact) mass is 251 g/mol. The summed E-state index contributed by atoms with van der Waals surface area (Å²) in [5.41, 5.74) is 5.59. The molecule has 0 saturated heterocycles. The van der Waals surface area contributed by atoms with Gasteiger partial charge in [0, 0.05) is 19.3 Å². The minimum Gasteiger partial charge on any atom is -0.487 e. The van der Waals surface area contributed by atoms with Gasteiger partial charge < -0.3 is 15.4 Å². The zero-order valence-corrected chi connectivity index (χ0v) is 11.7. The summed E-state index contributed by atoms with van der Waals surface area (Å²) in [4.78, 5) is 6.72. The van der Waals surface area contributed by atoms with Crippen molar-refractivity contribution in [3.8, 4) is 5.75 Å². The van der Waals surface area contributed by atoms with Crippen molar-refractivity contribution in [2.75, 3.05) is 24.5 Å². The Balaban J connectivity index is 2.87. The normalized spacial score (nSPS) is 10.7. The molecule has 2 N–H and O–H groups in total. The average molecular weight is 251 g/mol. The number of nitrogens with zero attached hydrogens (tertiary/aromatic N) is 2. The molecular weight excluding hydrogens is 226 g/mol. The Hall–Kier alpha value is -1.29. The number of nitrogens with two attached hydrogens (primary N) is 1. The number of rotatable bonds is 8. The molecule has 0 aromatic carbocycles. The highest BCUT2D eigenvalue weighted by atomic mass is 16.5. The third-order valence-corrected chi connectivity index (χ3v) is 2.54. The summed E-state index contributed by atoms with van der Waals surface area (Å²) in [5.74, 6) is 1.79. The molecule has 4 nitrogen and oxygen atoms in total. The van der Waals surface area contributed by atoms with Crippen LogP contribution >= 0.6 is 0 Å². The quantitative estimate of drug-likeness (QED) is 0.771. The first-order valence-corrected chi connectivity index (χ1v) is 6.75. The maximum absolute atomic E-state index is 5.82. The Bertz CT molecular complexity index is 342. The van der Waals surface area contributed by atoms with Crippen molar-refractivity contribution >= 4 is 5.82 Å². The number of hydrogen-bond donors (Lipinski definition) is 1. The summed E-state index contributed by atoms with van der Waals surface area (Å²) >= 11 is 0. The van der Waals surface area contributed by atoms with E-state index in [9.17, 15) is 0 Å². The summed E-state index contributed by atoms with van der Waals surface area (Å²) in [6.07, 6.45) is 4.03. The molecule has 0 bridgehead atoms. The summed E-state index contributed by atoms with van der Waals surface area (Å²) in [7, 11) is 0. The van der Waals surface area contributed by atoms with Gasteiger partial charge in [0.15, 0.2) is 11.6 Å². The molecule has 1 rings (SSSR count). The van der Waals surface area contributed by atoms with E-state index < -0.39 is 0 Å². The molecule has 1 aromatic rings. The molecule has 0 saturated carbocycles. The summed E-state index contributed by atoms with van der Waals surface area (Å²) in [5, 5.41) is 0. The van der Waals surface area contributed by atoms with Gasteiger partial charge in [0.25, 0.3) is 0 Å². The molecule has 102 valence electrons. The van der Waals surface area contributed by atoms with E-state index in [1.165, 1.54) is 0 Å². The molecule has 0 aliphatic rings. The number of hydrogen-bond acceptors (Lipinski definition) is 4. The number of pyridine rings is 1. The molecular formula is C14H25N3O. The first kappa shape index (κ1) is 14.8. The second-order valence-corrected chi connectivity index (χ2v) is 4.62. The van der Waals surface area contributed by atoms with Gasteiger partial charge in [-0.25, -0.2) is 4.98 Å². The van der Waals surface area contributed by atoms with Crippen molar-refractivity contribution < 1.29 is 4.74 Å². The van der Waals surface area contributed by atoms with E-state index >= 15 is 0 Å². The first-order valence-electron chi connectivity index (χ1n) is 6.75. The van der Waals surface area contributed by atoms with E-state index in [4.69, 9.17) is 10.5 Å². The Kier molecular flexibility index (Phi) is 6.50. The molecule has 0 amide bonds. The number of ether oxygens (including phenoxy) is 1. The van der Waals surface area contributed by atoms with Crippen LogP contribution in [0.15, 0.2) is 18.3 Å². The highest BCUT2D eigenvalue weighted by molar-refractivity contribution is 5.52. The van der Waals surface area contributed by atoms with E-state index in [2.05, 4.69) is 16.8 Å². The van der Waals surface area contributed by atoms with Crippen LogP contribution in [0.5, 0.6) is 5.75 Å². The van der Waals surface area contributed by atoms with Crippen LogP contribution in [0.2, 0.25) is 0 Å². The number of aromatic nitrogens is 1. The van der Waals surface area contributed by atoms with Gasteiger partial charge in [-0.3, -0.25) is 0 Å². The van der Waals surface area contributed by atoms with Crippen LogP contribution in [0, 0.1) is 0 Å². The van der Waals surface area contributed by atoms with Crippen LogP contribution in [0.4, 0.5) is 5.82 Å². The SMILES string of the molecule is CCCN(CCCN)c1ncccc1OC(C)C. The van der Waals surface area contributed by atoms with Gasteiger partial charge in [-0.1, -0.05) is 6.92 Å². The lowest BCUT2D eigenvalue weighted by atomic mass is 10.3. The predicted octanol–water partition coefficient (Wildman–Crippen LogP) is 2.43. The molecule has 1 heterocycles. The molecule has 0 aliphatic heterocycles. The molecule has 1 aromatic heterocycles. The fourth-order valence-corrected chi connectivity index (χ4v) is 1.84. The van der Waals surface area contributed by atoms with Crippen LogP contribution in [0.3, 0.4) is 0 Å². The van der Waals surface area contributed by atoms with Gasteiger partial charge >= 0.3 is 0 Å². The van der Waals surface area contributed by atoms with Crippen LogP contribution in [0.1, 0.15) is 33.6 Å². The topological polar surface area (TPSA) is 51.4 Å². The summed E-state index contributed by atoms with van der Waals surface area (Å²) in [6.45, 7) is 8.83. The van der Waals surface area contributed by atoms with Gasteiger partial charge in [-0.05, 0) is 45.4 Å². The largest absolute Gasteiger partial charge is 0.487 e. The lowest BCUT2D eigenvalue weighted by Gasteiger charge is -2.25. The van der Waals surface area contributed by atoms with Gasteiger partial charge in [-0.2, -0.15) is 0 Å². The third kappa shape index (κ3) is 4.53. The van der Waals surface area contributed by atoms with Crippen LogP contribution in [-0.4, -0.2) is 30.7 Å². The standard InChI is InChI=1S/C14H25N3O/c1-4-10-17(11-6-8-15)14-13(18-12(2)3)7-5-9-16-14/h5,7,9,12H,4,6,8,10-11,15H2,1-3H3. The maximum atomic E-state index is 5.82. The van der Waals surface area contributed by atoms with Crippen molar-refractivity contribution in [3.63, 3.8) is 0 Å². The Morgan fingerprint density at radius 1 is 1.39 bits per heavy atom. The Labute approximate surface area is 110 Å². The predicted molar refractivity (Wildman–Crippen MR) is 76.2 cm³/mol. The molecule has 4 heteroatoms. The van der Waals surface area contributed by atoms with Crippen molar-refractivity contribution in [1.29, 1.82) is 0 Å². The van der Waals surface area contributed by atoms with E-state index in [0.29, 0.717) is 6.54 Å². The van der Waals surface area contributed by atoms with Gasteiger partial charge in [0.1, 0.15) is 0 Å². The maximum Gasteiger partial charge on any atom is 0.171 e. The first-order chi connectivity index (χ1) is 8.69. The number of anilines is 1. The van der Waals surface area contributed by atoms with Crippen LogP contribution < -0.4 is 15.4 Å². The van der Waals surface area contributed by atoms with E-state index in [1.807, 2.05) is 32.2 Å².